The molecule has 6 nitrogen and oxygen atoms in total. The molecule has 0 radical (unpaired) electrons. The van der Waals surface area contributed by atoms with Gasteiger partial charge in [0.2, 0.25) is 0 Å². The monoisotopic (exact) mass is 672 g/mol. The summed E-state index contributed by atoms with van der Waals surface area (Å²) in [6.45, 7) is 5.97. The highest BCUT2D eigenvalue weighted by molar-refractivity contribution is 7.98. The van der Waals surface area contributed by atoms with Crippen LogP contribution in [0.1, 0.15) is 49.1 Å². The summed E-state index contributed by atoms with van der Waals surface area (Å²) in [7, 11) is 5.89. The van der Waals surface area contributed by atoms with Gasteiger partial charge in [-0.15, -0.1) is 0 Å². The molecular weight excluding hydrogens is 637 g/mol. The number of hydrogen-bond donors (Lipinski definition) is 0. The number of hydrogen-bond acceptors (Lipinski definition) is 5. The van der Waals surface area contributed by atoms with Crippen molar-refractivity contribution in [2.24, 2.45) is 4.99 Å². The van der Waals surface area contributed by atoms with E-state index in [1.807, 2.05) is 30.5 Å². The topological polar surface area (TPSA) is 62.5 Å². The molecule has 0 spiro atoms. The Bertz CT molecular complexity index is 1690. The van der Waals surface area contributed by atoms with Crippen LogP contribution in [0.25, 0.3) is 5.69 Å². The van der Waals surface area contributed by atoms with Crippen molar-refractivity contribution in [1.29, 1.82) is 0 Å². The third-order valence-electron chi connectivity index (χ3n) is 8.50. The van der Waals surface area contributed by atoms with Crippen LogP contribution in [0.5, 0.6) is 5.75 Å². The standard InChI is InChI=1S/C34H36Cl2F2N4O2S/c1-34(2,22-6-11-27(35)30(18-22)44-5)31-19-39-33(41(31)25-9-7-23(37)8-10-25)45-20-26-28(36)16-21(17-29(26)38)32(43)40-24-12-14-42(3,4)15-13-24/h6-11,16-19,24H,12-15,20H2,1-5H3. The molecule has 0 N–H and O–H groups in total. The zero-order chi connectivity index (χ0) is 32.5. The lowest BCUT2D eigenvalue weighted by Crippen LogP contribution is -2.47. The molecule has 1 fully saturated rings. The maximum absolute atomic E-state index is 15.5. The Labute approximate surface area is 277 Å². The number of halogens is 4. The van der Waals surface area contributed by atoms with E-state index in [9.17, 15) is 9.50 Å². The number of piperidine rings is 1. The number of nitrogens with zero attached hydrogens (tertiary/aromatic N) is 4. The van der Waals surface area contributed by atoms with Gasteiger partial charge in [0.15, 0.2) is 5.16 Å². The fourth-order valence-corrected chi connectivity index (χ4v) is 7.11. The minimum Gasteiger partial charge on any atom is -0.858 e. The Morgan fingerprint density at radius 3 is 2.40 bits per heavy atom. The van der Waals surface area contributed by atoms with Crippen LogP contribution in [0.4, 0.5) is 8.78 Å². The van der Waals surface area contributed by atoms with Crippen LogP contribution < -0.4 is 9.84 Å². The number of thioether (sulfide) groups is 1. The summed E-state index contributed by atoms with van der Waals surface area (Å²) < 4.78 is 37.7. The quantitative estimate of drug-likeness (QED) is 0.0803. The smallest absolute Gasteiger partial charge is 0.173 e. The zero-order valence-corrected chi connectivity index (χ0v) is 28.2. The molecule has 1 aliphatic rings. The minimum absolute atomic E-state index is 0.0709. The molecule has 11 heteroatoms. The molecule has 238 valence electrons. The molecule has 1 aliphatic heterocycles. The number of benzene rings is 3. The molecular formula is C34H36Cl2F2N4O2S. The Morgan fingerprint density at radius 1 is 1.07 bits per heavy atom. The third-order valence-corrected chi connectivity index (χ3v) is 10.1. The SMILES string of the molecule is COc1cc(C(C)(C)c2cnc(SCc3c(F)cc(C([O-])=NC4CC[N+](C)(C)CC4)cc3Cl)n2-c2ccc(F)cc2)ccc1Cl. The van der Waals surface area contributed by atoms with E-state index in [0.29, 0.717) is 21.6 Å². The van der Waals surface area contributed by atoms with Gasteiger partial charge in [-0.2, -0.15) is 0 Å². The van der Waals surface area contributed by atoms with Crippen LogP contribution in [0.2, 0.25) is 10.0 Å². The highest BCUT2D eigenvalue weighted by Crippen LogP contribution is 2.40. The molecule has 3 aromatic carbocycles. The van der Waals surface area contributed by atoms with E-state index in [-0.39, 0.29) is 33.8 Å². The lowest BCUT2D eigenvalue weighted by molar-refractivity contribution is -0.895. The van der Waals surface area contributed by atoms with E-state index < -0.39 is 17.1 Å². The summed E-state index contributed by atoms with van der Waals surface area (Å²) in [6, 6.07) is 14.3. The van der Waals surface area contributed by atoms with Gasteiger partial charge in [-0.1, -0.05) is 54.9 Å². The van der Waals surface area contributed by atoms with Crippen molar-refractivity contribution in [1.82, 2.24) is 9.55 Å². The van der Waals surface area contributed by atoms with Gasteiger partial charge in [-0.05, 0) is 65.6 Å². The van der Waals surface area contributed by atoms with Crippen LogP contribution in [0.3, 0.4) is 0 Å². The first-order valence-electron chi connectivity index (χ1n) is 14.6. The predicted molar refractivity (Wildman–Crippen MR) is 176 cm³/mol. The number of quaternary nitrogens is 1. The predicted octanol–water partition coefficient (Wildman–Crippen LogP) is 7.43. The lowest BCUT2D eigenvalue weighted by atomic mass is 9.81. The summed E-state index contributed by atoms with van der Waals surface area (Å²) >= 11 is 14.1. The first-order valence-corrected chi connectivity index (χ1v) is 16.4. The maximum Gasteiger partial charge on any atom is 0.173 e. The molecule has 0 unspecified atom stereocenters. The number of methoxy groups -OCH3 is 1. The largest absolute Gasteiger partial charge is 0.858 e. The number of aromatic nitrogens is 2. The third kappa shape index (κ3) is 7.32. The van der Waals surface area contributed by atoms with Crippen molar-refractivity contribution in [3.05, 3.63) is 105 Å². The number of rotatable bonds is 9. The lowest BCUT2D eigenvalue weighted by Gasteiger charge is -2.36. The summed E-state index contributed by atoms with van der Waals surface area (Å²) in [5.41, 5.74) is 2.26. The normalized spacial score (nSPS) is 15.8. The molecule has 2 heterocycles. The fraction of sp³-hybridized carbons (Fsp3) is 0.353. The van der Waals surface area contributed by atoms with Gasteiger partial charge < -0.3 is 14.3 Å². The van der Waals surface area contributed by atoms with Crippen molar-refractivity contribution < 1.29 is 23.1 Å². The Balaban J connectivity index is 1.44. The molecule has 45 heavy (non-hydrogen) atoms. The van der Waals surface area contributed by atoms with Crippen LogP contribution in [0, 0.1) is 11.6 Å². The van der Waals surface area contributed by atoms with E-state index in [1.54, 1.807) is 31.5 Å². The van der Waals surface area contributed by atoms with Crippen LogP contribution in [-0.2, 0) is 11.2 Å². The highest BCUT2D eigenvalue weighted by atomic mass is 35.5. The second-order valence-corrected chi connectivity index (χ2v) is 14.2. The maximum atomic E-state index is 15.5. The Morgan fingerprint density at radius 2 is 1.76 bits per heavy atom. The molecule has 0 bridgehead atoms. The molecule has 0 amide bonds. The van der Waals surface area contributed by atoms with Crippen molar-refractivity contribution in [2.45, 2.75) is 49.1 Å². The van der Waals surface area contributed by atoms with Crippen LogP contribution in [-0.4, -0.2) is 60.3 Å². The number of likely N-dealkylation sites (tertiary alicyclic amines) is 1. The zero-order valence-electron chi connectivity index (χ0n) is 25.9. The van der Waals surface area contributed by atoms with Crippen molar-refractivity contribution in [3.8, 4) is 11.4 Å². The minimum atomic E-state index is -0.584. The number of aliphatic imine (C=N–C) groups is 1. The highest BCUT2D eigenvalue weighted by Gasteiger charge is 2.31. The van der Waals surface area contributed by atoms with E-state index >= 15 is 4.39 Å². The summed E-state index contributed by atoms with van der Waals surface area (Å²) in [5, 5.41) is 14.1. The van der Waals surface area contributed by atoms with Gasteiger partial charge in [0.1, 0.15) is 17.4 Å². The molecule has 0 saturated carbocycles. The molecule has 1 saturated heterocycles. The molecule has 5 rings (SSSR count). The van der Waals surface area contributed by atoms with Crippen molar-refractivity contribution >= 4 is 40.9 Å². The Hall–Kier alpha value is -3.11. The molecule has 0 atom stereocenters. The van der Waals surface area contributed by atoms with E-state index in [1.165, 1.54) is 36.0 Å². The fourth-order valence-electron chi connectivity index (χ4n) is 5.54. The van der Waals surface area contributed by atoms with Gasteiger partial charge in [0.25, 0.3) is 0 Å². The second kappa shape index (κ2) is 13.3. The molecule has 4 aromatic rings. The first-order chi connectivity index (χ1) is 21.3. The van der Waals surface area contributed by atoms with Crippen molar-refractivity contribution in [2.75, 3.05) is 34.3 Å². The summed E-state index contributed by atoms with van der Waals surface area (Å²) in [4.78, 5) is 9.06. The molecule has 1 aromatic heterocycles. The average molecular weight is 674 g/mol. The number of ether oxygens (including phenoxy) is 1. The second-order valence-electron chi connectivity index (χ2n) is 12.5. The Kier molecular flexibility index (Phi) is 9.84. The number of imidazole rings is 1. The van der Waals surface area contributed by atoms with E-state index in [2.05, 4.69) is 19.1 Å². The first kappa shape index (κ1) is 33.3. The van der Waals surface area contributed by atoms with E-state index in [0.717, 1.165) is 41.7 Å². The van der Waals surface area contributed by atoms with E-state index in [4.69, 9.17) is 32.9 Å². The summed E-state index contributed by atoms with van der Waals surface area (Å²) in [6.07, 6.45) is 3.39. The van der Waals surface area contributed by atoms with Gasteiger partial charge in [-0.3, -0.25) is 9.56 Å². The van der Waals surface area contributed by atoms with Gasteiger partial charge in [0.05, 0.1) is 57.2 Å². The van der Waals surface area contributed by atoms with Crippen molar-refractivity contribution in [3.63, 3.8) is 0 Å². The van der Waals surface area contributed by atoms with Gasteiger partial charge >= 0.3 is 0 Å². The van der Waals surface area contributed by atoms with Crippen LogP contribution in [0.15, 0.2) is 70.9 Å². The van der Waals surface area contributed by atoms with Crippen LogP contribution >= 0.6 is 35.0 Å². The van der Waals surface area contributed by atoms with Gasteiger partial charge in [0, 0.05) is 40.3 Å². The molecule has 0 aliphatic carbocycles. The summed E-state index contributed by atoms with van der Waals surface area (Å²) in [5.74, 6) is -0.698. The average Bonchev–Trinajstić information content (AvgIpc) is 3.43. The van der Waals surface area contributed by atoms with Gasteiger partial charge in [-0.25, -0.2) is 13.8 Å².